The molecule has 0 aliphatic heterocycles. The van der Waals surface area contributed by atoms with Gasteiger partial charge in [-0.1, -0.05) is 12.0 Å². The van der Waals surface area contributed by atoms with Crippen LogP contribution in [0.1, 0.15) is 39.0 Å². The lowest BCUT2D eigenvalue weighted by Crippen LogP contribution is -2.41. The zero-order chi connectivity index (χ0) is 11.3. The average molecular weight is 210 g/mol. The van der Waals surface area contributed by atoms with Crippen molar-refractivity contribution in [2.75, 3.05) is 0 Å². The number of nitrogens with two attached hydrogens (primary N) is 1. The van der Waals surface area contributed by atoms with Gasteiger partial charge in [-0.25, -0.2) is 0 Å². The standard InChI is InChI=1S/C11H18N2O2/c1-8(11(12)15)13-10(14)7-9-5-3-2-4-6-9/h7-8H,2-6H2,1H3,(H2,12,15)(H,13,14). The van der Waals surface area contributed by atoms with E-state index < -0.39 is 11.9 Å². The molecule has 0 aromatic heterocycles. The van der Waals surface area contributed by atoms with Crippen LogP contribution in [0.3, 0.4) is 0 Å². The van der Waals surface area contributed by atoms with Gasteiger partial charge >= 0.3 is 0 Å². The highest BCUT2D eigenvalue weighted by Crippen LogP contribution is 2.22. The summed E-state index contributed by atoms with van der Waals surface area (Å²) >= 11 is 0. The van der Waals surface area contributed by atoms with Gasteiger partial charge in [0.15, 0.2) is 0 Å². The van der Waals surface area contributed by atoms with Gasteiger partial charge in [0.25, 0.3) is 0 Å². The molecule has 4 nitrogen and oxygen atoms in total. The second-order valence-electron chi connectivity index (χ2n) is 4.00. The van der Waals surface area contributed by atoms with Gasteiger partial charge < -0.3 is 11.1 Å². The van der Waals surface area contributed by atoms with Crippen LogP contribution in [0.4, 0.5) is 0 Å². The van der Waals surface area contributed by atoms with Gasteiger partial charge in [0.2, 0.25) is 11.8 Å². The van der Waals surface area contributed by atoms with Crippen molar-refractivity contribution in [3.8, 4) is 0 Å². The normalized spacial score (nSPS) is 18.1. The third-order valence-corrected chi connectivity index (χ3v) is 2.62. The highest BCUT2D eigenvalue weighted by Gasteiger charge is 2.12. The average Bonchev–Trinajstić information content (AvgIpc) is 2.18. The number of carbonyl (C=O) groups excluding carboxylic acids is 2. The lowest BCUT2D eigenvalue weighted by molar-refractivity contribution is -0.124. The summed E-state index contributed by atoms with van der Waals surface area (Å²) < 4.78 is 0. The molecule has 1 saturated carbocycles. The number of hydrogen-bond donors (Lipinski definition) is 2. The van der Waals surface area contributed by atoms with E-state index in [1.165, 1.54) is 12.0 Å². The summed E-state index contributed by atoms with van der Waals surface area (Å²) in [5.74, 6) is -0.719. The van der Waals surface area contributed by atoms with Crippen molar-refractivity contribution >= 4 is 11.8 Å². The second-order valence-corrected chi connectivity index (χ2v) is 4.00. The zero-order valence-corrected chi connectivity index (χ0v) is 9.08. The number of nitrogens with one attached hydrogen (secondary N) is 1. The van der Waals surface area contributed by atoms with E-state index in [4.69, 9.17) is 5.73 Å². The molecular formula is C11H18N2O2. The third-order valence-electron chi connectivity index (χ3n) is 2.62. The summed E-state index contributed by atoms with van der Waals surface area (Å²) in [6.45, 7) is 1.58. The van der Waals surface area contributed by atoms with Gasteiger partial charge in [-0.15, -0.1) is 0 Å². The first kappa shape index (κ1) is 11.8. The van der Waals surface area contributed by atoms with E-state index >= 15 is 0 Å². The van der Waals surface area contributed by atoms with E-state index in [1.807, 2.05) is 0 Å². The van der Waals surface area contributed by atoms with Gasteiger partial charge in [-0.05, 0) is 32.6 Å². The quantitative estimate of drug-likeness (QED) is 0.678. The Morgan fingerprint density at radius 3 is 2.47 bits per heavy atom. The Kier molecular flexibility index (Phi) is 4.34. The van der Waals surface area contributed by atoms with Gasteiger partial charge in [0, 0.05) is 6.08 Å². The molecule has 1 unspecified atom stereocenters. The minimum absolute atomic E-state index is 0.210. The molecule has 1 atom stereocenters. The van der Waals surface area contributed by atoms with Crippen LogP contribution in [0.2, 0.25) is 0 Å². The van der Waals surface area contributed by atoms with Crippen molar-refractivity contribution < 1.29 is 9.59 Å². The molecule has 0 heterocycles. The van der Waals surface area contributed by atoms with Crippen LogP contribution in [-0.2, 0) is 9.59 Å². The lowest BCUT2D eigenvalue weighted by Gasteiger charge is -2.14. The van der Waals surface area contributed by atoms with Crippen LogP contribution >= 0.6 is 0 Å². The molecule has 0 aromatic carbocycles. The predicted octanol–water partition coefficient (Wildman–Crippen LogP) is 0.867. The van der Waals surface area contributed by atoms with Crippen molar-refractivity contribution in [3.05, 3.63) is 11.6 Å². The van der Waals surface area contributed by atoms with Crippen molar-refractivity contribution in [2.45, 2.75) is 45.1 Å². The Balaban J connectivity index is 2.43. The van der Waals surface area contributed by atoms with Crippen molar-refractivity contribution in [3.63, 3.8) is 0 Å². The predicted molar refractivity (Wildman–Crippen MR) is 58.0 cm³/mol. The molecule has 1 fully saturated rings. The molecule has 0 radical (unpaired) electrons. The summed E-state index contributed by atoms with van der Waals surface area (Å²) in [4.78, 5) is 22.1. The van der Waals surface area contributed by atoms with Crippen LogP contribution in [0.15, 0.2) is 11.6 Å². The number of allylic oxidation sites excluding steroid dienone is 1. The fourth-order valence-electron chi connectivity index (χ4n) is 1.66. The van der Waals surface area contributed by atoms with Gasteiger partial charge in [0.1, 0.15) is 6.04 Å². The number of carbonyl (C=O) groups is 2. The van der Waals surface area contributed by atoms with Crippen LogP contribution in [0.5, 0.6) is 0 Å². The number of hydrogen-bond acceptors (Lipinski definition) is 2. The van der Waals surface area contributed by atoms with Crippen LogP contribution in [0.25, 0.3) is 0 Å². The summed E-state index contributed by atoms with van der Waals surface area (Å²) in [7, 11) is 0. The van der Waals surface area contributed by atoms with Crippen molar-refractivity contribution in [1.29, 1.82) is 0 Å². The Morgan fingerprint density at radius 2 is 1.93 bits per heavy atom. The lowest BCUT2D eigenvalue weighted by atomic mass is 9.94. The summed E-state index contributed by atoms with van der Waals surface area (Å²) in [6, 6.07) is -0.599. The zero-order valence-electron chi connectivity index (χ0n) is 9.08. The largest absolute Gasteiger partial charge is 0.368 e. The van der Waals surface area contributed by atoms with E-state index in [2.05, 4.69) is 5.32 Å². The maximum absolute atomic E-state index is 11.4. The molecule has 84 valence electrons. The molecule has 0 bridgehead atoms. The van der Waals surface area contributed by atoms with E-state index in [0.29, 0.717) is 0 Å². The topological polar surface area (TPSA) is 72.2 Å². The molecule has 1 aliphatic rings. The number of rotatable bonds is 3. The molecule has 1 aliphatic carbocycles. The fraction of sp³-hybridized carbons (Fsp3) is 0.636. The highest BCUT2D eigenvalue weighted by molar-refractivity contribution is 5.92. The highest BCUT2D eigenvalue weighted by atomic mass is 16.2. The first-order valence-corrected chi connectivity index (χ1v) is 5.39. The Morgan fingerprint density at radius 1 is 1.33 bits per heavy atom. The fourth-order valence-corrected chi connectivity index (χ4v) is 1.66. The van der Waals surface area contributed by atoms with E-state index in [-0.39, 0.29) is 5.91 Å². The molecule has 4 heteroatoms. The maximum atomic E-state index is 11.4. The monoisotopic (exact) mass is 210 g/mol. The van der Waals surface area contributed by atoms with E-state index in [1.54, 1.807) is 13.0 Å². The summed E-state index contributed by atoms with van der Waals surface area (Å²) in [5.41, 5.74) is 6.22. The van der Waals surface area contributed by atoms with Crippen molar-refractivity contribution in [1.82, 2.24) is 5.32 Å². The first-order chi connectivity index (χ1) is 7.09. The van der Waals surface area contributed by atoms with Gasteiger partial charge in [-0.3, -0.25) is 9.59 Å². The van der Waals surface area contributed by atoms with Crippen LogP contribution in [0, 0.1) is 0 Å². The molecule has 0 aromatic rings. The molecule has 3 N–H and O–H groups in total. The molecular weight excluding hydrogens is 192 g/mol. The van der Waals surface area contributed by atoms with E-state index in [0.717, 1.165) is 25.7 Å². The van der Waals surface area contributed by atoms with Crippen LogP contribution < -0.4 is 11.1 Å². The van der Waals surface area contributed by atoms with Gasteiger partial charge in [-0.2, -0.15) is 0 Å². The number of primary amides is 1. The number of amides is 2. The molecule has 2 amide bonds. The maximum Gasteiger partial charge on any atom is 0.244 e. The third kappa shape index (κ3) is 4.14. The van der Waals surface area contributed by atoms with Crippen molar-refractivity contribution in [2.24, 2.45) is 5.73 Å². The molecule has 15 heavy (non-hydrogen) atoms. The second kappa shape index (κ2) is 5.53. The Labute approximate surface area is 89.9 Å². The minimum atomic E-state index is -0.599. The SMILES string of the molecule is CC(NC(=O)C=C1CCCCC1)C(N)=O. The minimum Gasteiger partial charge on any atom is -0.368 e. The first-order valence-electron chi connectivity index (χ1n) is 5.39. The summed E-state index contributed by atoms with van der Waals surface area (Å²) in [5, 5.41) is 2.54. The molecule has 0 saturated heterocycles. The smallest absolute Gasteiger partial charge is 0.244 e. The van der Waals surface area contributed by atoms with E-state index in [9.17, 15) is 9.59 Å². The van der Waals surface area contributed by atoms with Crippen LogP contribution in [-0.4, -0.2) is 17.9 Å². The Hall–Kier alpha value is -1.32. The Bertz CT molecular complexity index is 276. The molecule has 0 spiro atoms. The molecule has 1 rings (SSSR count). The van der Waals surface area contributed by atoms with Gasteiger partial charge in [0.05, 0.1) is 0 Å². The summed E-state index contributed by atoms with van der Waals surface area (Å²) in [6.07, 6.45) is 7.17.